The molecule has 0 aliphatic heterocycles. The summed E-state index contributed by atoms with van der Waals surface area (Å²) in [6.45, 7) is 0. The first-order valence-electron chi connectivity index (χ1n) is 9.45. The fourth-order valence-corrected chi connectivity index (χ4v) is 4.56. The van der Waals surface area contributed by atoms with E-state index in [4.69, 9.17) is 0 Å². The minimum atomic E-state index is -0.458. The van der Waals surface area contributed by atoms with Gasteiger partial charge in [-0.15, -0.1) is 0 Å². The van der Waals surface area contributed by atoms with Crippen LogP contribution in [0.4, 0.5) is 0 Å². The van der Waals surface area contributed by atoms with Gasteiger partial charge in [-0.25, -0.2) is 0 Å². The highest BCUT2D eigenvalue weighted by Crippen LogP contribution is 2.49. The number of rotatable bonds is 4. The topological polar surface area (TPSA) is 34.1 Å². The zero-order chi connectivity index (χ0) is 18.7. The molecule has 3 aromatic rings. The summed E-state index contributed by atoms with van der Waals surface area (Å²) >= 11 is 0. The van der Waals surface area contributed by atoms with Crippen LogP contribution in [0.1, 0.15) is 36.0 Å². The highest BCUT2D eigenvalue weighted by molar-refractivity contribution is 6.37. The summed E-state index contributed by atoms with van der Waals surface area (Å²) in [5.74, 6) is -0.428. The van der Waals surface area contributed by atoms with Crippen LogP contribution in [0.25, 0.3) is 0 Å². The molecule has 0 unspecified atom stereocenters. The van der Waals surface area contributed by atoms with Gasteiger partial charge in [0.1, 0.15) is 0 Å². The van der Waals surface area contributed by atoms with Gasteiger partial charge in [0.05, 0.1) is 0 Å². The fraction of sp³-hybridized carbons (Fsp3) is 0.200. The van der Waals surface area contributed by atoms with Crippen molar-refractivity contribution in [2.24, 2.45) is 5.92 Å². The second-order valence-corrected chi connectivity index (χ2v) is 7.19. The van der Waals surface area contributed by atoms with E-state index in [1.165, 1.54) is 0 Å². The average Bonchev–Trinajstić information content (AvgIpc) is 2.74. The van der Waals surface area contributed by atoms with Gasteiger partial charge in [-0.2, -0.15) is 0 Å². The molecular formula is C25H22O2. The molecule has 0 spiro atoms. The summed E-state index contributed by atoms with van der Waals surface area (Å²) in [6, 6.07) is 31.2. The van der Waals surface area contributed by atoms with Crippen LogP contribution in [0.15, 0.2) is 91.0 Å². The smallest absolute Gasteiger partial charge is 0.198 e. The van der Waals surface area contributed by atoms with Gasteiger partial charge in [-0.05, 0) is 29.0 Å². The monoisotopic (exact) mass is 354 g/mol. The molecule has 134 valence electrons. The van der Waals surface area contributed by atoms with Gasteiger partial charge < -0.3 is 0 Å². The zero-order valence-electron chi connectivity index (χ0n) is 15.2. The Morgan fingerprint density at radius 1 is 0.593 bits per heavy atom. The molecule has 1 atom stereocenters. The molecule has 0 N–H and O–H groups in total. The minimum absolute atomic E-state index is 0.0369. The predicted octanol–water partition coefficient (Wildman–Crippen LogP) is 4.96. The number of Topliss-reactive ketones (excluding diaryl/α,β-unsaturated/α-hetero) is 2. The molecule has 1 aliphatic rings. The van der Waals surface area contributed by atoms with Crippen molar-refractivity contribution in [3.05, 3.63) is 108 Å². The molecule has 0 bridgehead atoms. The van der Waals surface area contributed by atoms with Gasteiger partial charge in [0.25, 0.3) is 0 Å². The van der Waals surface area contributed by atoms with Crippen LogP contribution in [-0.4, -0.2) is 11.6 Å². The maximum Gasteiger partial charge on any atom is 0.198 e. The van der Waals surface area contributed by atoms with Crippen LogP contribution in [0.3, 0.4) is 0 Å². The highest BCUT2D eigenvalue weighted by atomic mass is 16.2. The lowest BCUT2D eigenvalue weighted by Gasteiger charge is -2.44. The van der Waals surface area contributed by atoms with Crippen molar-refractivity contribution in [2.75, 3.05) is 0 Å². The van der Waals surface area contributed by atoms with Crippen LogP contribution in [0.2, 0.25) is 0 Å². The Bertz CT molecular complexity index is 833. The molecule has 27 heavy (non-hydrogen) atoms. The van der Waals surface area contributed by atoms with E-state index in [0.717, 1.165) is 16.7 Å². The van der Waals surface area contributed by atoms with Gasteiger partial charge in [-0.1, -0.05) is 91.0 Å². The van der Waals surface area contributed by atoms with Crippen LogP contribution in [0, 0.1) is 5.92 Å². The SMILES string of the molecule is O=C1CC[C@H](C(c2ccccc2)(c2ccccc2)c2ccccc2)CC1=O. The second-order valence-electron chi connectivity index (χ2n) is 7.19. The number of carbonyl (C=O) groups excluding carboxylic acids is 2. The van der Waals surface area contributed by atoms with Crippen molar-refractivity contribution in [2.45, 2.75) is 24.7 Å². The predicted molar refractivity (Wildman–Crippen MR) is 107 cm³/mol. The molecule has 0 heterocycles. The Morgan fingerprint density at radius 2 is 1.00 bits per heavy atom. The molecule has 1 saturated carbocycles. The van der Waals surface area contributed by atoms with Gasteiger partial charge in [0.2, 0.25) is 0 Å². The van der Waals surface area contributed by atoms with Gasteiger partial charge in [-0.3, -0.25) is 9.59 Å². The fourth-order valence-electron chi connectivity index (χ4n) is 4.56. The molecule has 4 rings (SSSR count). The molecule has 0 radical (unpaired) electrons. The molecule has 3 aromatic carbocycles. The largest absolute Gasteiger partial charge is 0.291 e. The van der Waals surface area contributed by atoms with Crippen LogP contribution in [0.5, 0.6) is 0 Å². The van der Waals surface area contributed by atoms with E-state index in [-0.39, 0.29) is 23.9 Å². The summed E-state index contributed by atoms with van der Waals surface area (Å²) in [6.07, 6.45) is 1.33. The summed E-state index contributed by atoms with van der Waals surface area (Å²) in [5.41, 5.74) is 3.03. The van der Waals surface area contributed by atoms with Crippen molar-refractivity contribution in [1.29, 1.82) is 0 Å². The molecule has 0 aromatic heterocycles. The molecule has 2 heteroatoms. The Hall–Kier alpha value is -3.00. The van der Waals surface area contributed by atoms with E-state index < -0.39 is 5.41 Å². The van der Waals surface area contributed by atoms with E-state index in [0.29, 0.717) is 12.8 Å². The van der Waals surface area contributed by atoms with E-state index in [9.17, 15) is 9.59 Å². The van der Waals surface area contributed by atoms with Crippen LogP contribution >= 0.6 is 0 Å². The minimum Gasteiger partial charge on any atom is -0.291 e. The van der Waals surface area contributed by atoms with Crippen molar-refractivity contribution in [3.63, 3.8) is 0 Å². The number of carbonyl (C=O) groups is 2. The van der Waals surface area contributed by atoms with Gasteiger partial charge >= 0.3 is 0 Å². The normalized spacial score (nSPS) is 17.7. The second kappa shape index (κ2) is 7.32. The van der Waals surface area contributed by atoms with E-state index in [1.807, 2.05) is 54.6 Å². The van der Waals surface area contributed by atoms with E-state index in [2.05, 4.69) is 36.4 Å². The standard InChI is InChI=1S/C25H22O2/c26-23-17-16-22(18-24(23)27)25(19-10-4-1-5-11-19,20-12-6-2-7-13-20)21-14-8-3-9-15-21/h1-15,22H,16-18H2/t22-/m0/s1. The molecule has 1 aliphatic carbocycles. The third-order valence-corrected chi connectivity index (χ3v) is 5.76. The Labute approximate surface area is 159 Å². The molecule has 0 saturated heterocycles. The zero-order valence-corrected chi connectivity index (χ0v) is 15.2. The van der Waals surface area contributed by atoms with Crippen molar-refractivity contribution in [3.8, 4) is 0 Å². The molecule has 2 nitrogen and oxygen atoms in total. The third-order valence-electron chi connectivity index (χ3n) is 5.76. The Kier molecular flexibility index (Phi) is 4.72. The van der Waals surface area contributed by atoms with E-state index >= 15 is 0 Å². The van der Waals surface area contributed by atoms with Crippen molar-refractivity contribution >= 4 is 11.6 Å². The van der Waals surface area contributed by atoms with Crippen molar-refractivity contribution < 1.29 is 9.59 Å². The molecular weight excluding hydrogens is 332 g/mol. The summed E-state index contributed by atoms with van der Waals surface area (Å²) in [7, 11) is 0. The van der Waals surface area contributed by atoms with Crippen LogP contribution in [-0.2, 0) is 15.0 Å². The maximum atomic E-state index is 12.4. The molecule has 1 fully saturated rings. The van der Waals surface area contributed by atoms with Crippen molar-refractivity contribution in [1.82, 2.24) is 0 Å². The maximum absolute atomic E-state index is 12.4. The third kappa shape index (κ3) is 3.02. The number of hydrogen-bond donors (Lipinski definition) is 0. The first-order chi connectivity index (χ1) is 13.2. The van der Waals surface area contributed by atoms with Gasteiger partial charge in [0, 0.05) is 18.3 Å². The summed E-state index contributed by atoms with van der Waals surface area (Å²) in [4.78, 5) is 24.3. The Morgan fingerprint density at radius 3 is 1.37 bits per heavy atom. The quantitative estimate of drug-likeness (QED) is 0.490. The lowest BCUT2D eigenvalue weighted by atomic mass is 9.58. The lowest BCUT2D eigenvalue weighted by molar-refractivity contribution is -0.139. The number of benzene rings is 3. The highest BCUT2D eigenvalue weighted by Gasteiger charge is 2.46. The molecule has 0 amide bonds. The first kappa shape index (κ1) is 17.4. The summed E-state index contributed by atoms with van der Waals surface area (Å²) < 4.78 is 0. The lowest BCUT2D eigenvalue weighted by Crippen LogP contribution is -2.42. The number of hydrogen-bond acceptors (Lipinski definition) is 2. The van der Waals surface area contributed by atoms with Crippen LogP contribution < -0.4 is 0 Å². The Balaban J connectivity index is 2.01. The average molecular weight is 354 g/mol. The first-order valence-corrected chi connectivity index (χ1v) is 9.45. The number of ketones is 2. The summed E-state index contributed by atoms with van der Waals surface area (Å²) in [5, 5.41) is 0. The van der Waals surface area contributed by atoms with E-state index in [1.54, 1.807) is 0 Å². The van der Waals surface area contributed by atoms with Gasteiger partial charge in [0.15, 0.2) is 11.6 Å².